The van der Waals surface area contributed by atoms with Gasteiger partial charge in [-0.25, -0.2) is 9.78 Å². The number of amides is 3. The summed E-state index contributed by atoms with van der Waals surface area (Å²) in [5.41, 5.74) is 3.30. The van der Waals surface area contributed by atoms with Crippen LogP contribution in [0.15, 0.2) is 41.2 Å². The van der Waals surface area contributed by atoms with Gasteiger partial charge < -0.3 is 29.3 Å². The maximum atomic E-state index is 13.2. The van der Waals surface area contributed by atoms with Crippen LogP contribution < -0.4 is 10.6 Å². The highest BCUT2D eigenvalue weighted by molar-refractivity contribution is 5.98. The molecule has 3 aromatic rings. The number of piperidine rings is 1. The molecule has 5 rings (SSSR count). The predicted octanol–water partition coefficient (Wildman–Crippen LogP) is 4.66. The first-order valence-electron chi connectivity index (χ1n) is 14.1. The Morgan fingerprint density at radius 3 is 2.72 bits per heavy atom. The van der Waals surface area contributed by atoms with Gasteiger partial charge in [-0.05, 0) is 56.9 Å². The van der Waals surface area contributed by atoms with Crippen LogP contribution in [0.2, 0.25) is 0 Å². The second-order valence-corrected chi connectivity index (χ2v) is 10.4. The van der Waals surface area contributed by atoms with Crippen molar-refractivity contribution in [3.05, 3.63) is 42.4 Å². The molecule has 3 amide bonds. The van der Waals surface area contributed by atoms with E-state index in [-0.39, 0.29) is 36.9 Å². The quantitative estimate of drug-likeness (QED) is 0.405. The van der Waals surface area contributed by atoms with E-state index in [4.69, 9.17) is 14.1 Å². The van der Waals surface area contributed by atoms with Crippen molar-refractivity contribution in [1.82, 2.24) is 25.1 Å². The molecular formula is C29H37N5O5. The lowest BCUT2D eigenvalue weighted by Gasteiger charge is -2.33. The van der Waals surface area contributed by atoms with Crippen molar-refractivity contribution >= 4 is 28.9 Å². The summed E-state index contributed by atoms with van der Waals surface area (Å²) < 4.78 is 12.6. The lowest BCUT2D eigenvalue weighted by molar-refractivity contribution is -0.142. The minimum Gasteiger partial charge on any atom is -0.472 e. The number of imidazole rings is 1. The molecule has 0 radical (unpaired) electrons. The van der Waals surface area contributed by atoms with E-state index in [2.05, 4.69) is 15.2 Å². The van der Waals surface area contributed by atoms with E-state index in [0.717, 1.165) is 48.1 Å². The highest BCUT2D eigenvalue weighted by Crippen LogP contribution is 2.36. The summed E-state index contributed by atoms with van der Waals surface area (Å²) in [5, 5.41) is 5.87. The molecule has 1 aromatic carbocycles. The Labute approximate surface area is 228 Å². The molecule has 39 heavy (non-hydrogen) atoms. The van der Waals surface area contributed by atoms with Gasteiger partial charge in [-0.15, -0.1) is 0 Å². The highest BCUT2D eigenvalue weighted by atomic mass is 16.5. The molecule has 0 spiro atoms. The Balaban J connectivity index is 1.25. The number of carbonyl (C=O) groups excluding carboxylic acids is 3. The number of nitrogens with one attached hydrogen (secondary N) is 2. The van der Waals surface area contributed by atoms with Gasteiger partial charge >= 0.3 is 12.0 Å². The minimum absolute atomic E-state index is 0.134. The number of rotatable bonds is 8. The monoisotopic (exact) mass is 535 g/mol. The highest BCUT2D eigenvalue weighted by Gasteiger charge is 2.26. The van der Waals surface area contributed by atoms with Crippen molar-refractivity contribution in [1.29, 1.82) is 0 Å². The fraction of sp³-hybridized carbons (Fsp3) is 0.517. The molecule has 1 saturated carbocycles. The van der Waals surface area contributed by atoms with Crippen molar-refractivity contribution in [2.24, 2.45) is 0 Å². The topological polar surface area (TPSA) is 119 Å². The first kappa shape index (κ1) is 26.8. The Morgan fingerprint density at radius 2 is 1.95 bits per heavy atom. The molecular weight excluding hydrogens is 498 g/mol. The van der Waals surface area contributed by atoms with Crippen LogP contribution in [0.3, 0.4) is 0 Å². The Hall–Kier alpha value is -3.82. The number of urea groups is 1. The second-order valence-electron chi connectivity index (χ2n) is 10.4. The SMILES string of the molecule is CCOC(=O)CCNC(=O)N1CCCC(NC(=O)c2ccc3c(c2)nc(-c2ccoc2)n3C2CCCCC2)C1. The maximum absolute atomic E-state index is 13.2. The van der Waals surface area contributed by atoms with Gasteiger partial charge in [-0.2, -0.15) is 0 Å². The molecule has 1 saturated heterocycles. The van der Waals surface area contributed by atoms with Crippen LogP contribution in [0, 0.1) is 0 Å². The fourth-order valence-electron chi connectivity index (χ4n) is 5.71. The average Bonchev–Trinajstić information content (AvgIpc) is 3.61. The number of carbonyl (C=O) groups is 3. The van der Waals surface area contributed by atoms with Crippen LogP contribution in [-0.4, -0.2) is 64.6 Å². The molecule has 2 fully saturated rings. The van der Waals surface area contributed by atoms with Crippen LogP contribution in [0.4, 0.5) is 4.79 Å². The van der Waals surface area contributed by atoms with Gasteiger partial charge in [0, 0.05) is 37.3 Å². The lowest BCUT2D eigenvalue weighted by atomic mass is 9.95. The van der Waals surface area contributed by atoms with Crippen molar-refractivity contribution in [3.63, 3.8) is 0 Å². The number of hydrogen-bond acceptors (Lipinski definition) is 6. The van der Waals surface area contributed by atoms with E-state index in [1.165, 1.54) is 19.3 Å². The number of fused-ring (bicyclic) bond motifs is 1. The van der Waals surface area contributed by atoms with Crippen molar-refractivity contribution in [2.75, 3.05) is 26.2 Å². The first-order chi connectivity index (χ1) is 19.0. The van der Waals surface area contributed by atoms with Crippen molar-refractivity contribution in [3.8, 4) is 11.4 Å². The van der Waals surface area contributed by atoms with Gasteiger partial charge in [0.15, 0.2) is 0 Å². The predicted molar refractivity (Wildman–Crippen MR) is 146 cm³/mol. The van der Waals surface area contributed by atoms with E-state index < -0.39 is 0 Å². The van der Waals surface area contributed by atoms with Gasteiger partial charge in [0.05, 0.1) is 35.9 Å². The Morgan fingerprint density at radius 1 is 1.10 bits per heavy atom. The molecule has 1 atom stereocenters. The maximum Gasteiger partial charge on any atom is 0.317 e. The van der Waals surface area contributed by atoms with Crippen LogP contribution in [0.25, 0.3) is 22.4 Å². The summed E-state index contributed by atoms with van der Waals surface area (Å²) in [6, 6.07) is 7.63. The van der Waals surface area contributed by atoms with Gasteiger partial charge in [0.25, 0.3) is 5.91 Å². The number of furan rings is 1. The Kier molecular flexibility index (Phi) is 8.48. The largest absolute Gasteiger partial charge is 0.472 e. The zero-order valence-corrected chi connectivity index (χ0v) is 22.5. The van der Waals surface area contributed by atoms with Crippen LogP contribution >= 0.6 is 0 Å². The minimum atomic E-state index is -0.334. The van der Waals surface area contributed by atoms with Gasteiger partial charge in [0.2, 0.25) is 0 Å². The molecule has 1 unspecified atom stereocenters. The molecule has 2 aliphatic rings. The van der Waals surface area contributed by atoms with Crippen molar-refractivity contribution < 1.29 is 23.5 Å². The summed E-state index contributed by atoms with van der Waals surface area (Å²) in [6.45, 7) is 3.32. The summed E-state index contributed by atoms with van der Waals surface area (Å²) in [5.74, 6) is 0.364. The third-order valence-electron chi connectivity index (χ3n) is 7.63. The summed E-state index contributed by atoms with van der Waals surface area (Å²) in [4.78, 5) is 43.9. The molecule has 2 N–H and O–H groups in total. The number of aromatic nitrogens is 2. The standard InChI is InChI=1S/C29H37N5O5/c1-2-39-26(35)12-14-30-29(37)33-15-6-7-22(18-33)31-28(36)20-10-11-25-24(17-20)32-27(21-13-16-38-19-21)34(25)23-8-4-3-5-9-23/h10-11,13,16-17,19,22-23H,2-9,12,14-15,18H2,1H3,(H,30,37)(H,31,36). The average molecular weight is 536 g/mol. The number of nitrogens with zero attached hydrogens (tertiary/aromatic N) is 3. The normalized spacial score (nSPS) is 18.2. The number of esters is 1. The zero-order valence-electron chi connectivity index (χ0n) is 22.5. The zero-order chi connectivity index (χ0) is 27.2. The number of benzene rings is 1. The van der Waals surface area contributed by atoms with E-state index >= 15 is 0 Å². The summed E-state index contributed by atoms with van der Waals surface area (Å²) in [7, 11) is 0. The molecule has 10 heteroatoms. The molecule has 208 valence electrons. The van der Waals surface area contributed by atoms with Gasteiger partial charge in [-0.3, -0.25) is 9.59 Å². The number of likely N-dealkylation sites (tertiary alicyclic amines) is 1. The molecule has 0 bridgehead atoms. The second kappa shape index (κ2) is 12.4. The molecule has 1 aliphatic carbocycles. The third kappa shape index (κ3) is 6.26. The molecule has 2 aromatic heterocycles. The summed E-state index contributed by atoms with van der Waals surface area (Å²) >= 11 is 0. The van der Waals surface area contributed by atoms with E-state index in [0.29, 0.717) is 31.3 Å². The van der Waals surface area contributed by atoms with E-state index in [9.17, 15) is 14.4 Å². The number of hydrogen-bond donors (Lipinski definition) is 2. The van der Waals surface area contributed by atoms with E-state index in [1.807, 2.05) is 24.3 Å². The third-order valence-corrected chi connectivity index (χ3v) is 7.63. The summed E-state index contributed by atoms with van der Waals surface area (Å²) in [6.07, 6.45) is 11.0. The molecule has 3 heterocycles. The van der Waals surface area contributed by atoms with Crippen LogP contribution in [-0.2, 0) is 9.53 Å². The lowest BCUT2D eigenvalue weighted by Crippen LogP contribution is -2.52. The van der Waals surface area contributed by atoms with Crippen LogP contribution in [0.5, 0.6) is 0 Å². The molecule has 1 aliphatic heterocycles. The first-order valence-corrected chi connectivity index (χ1v) is 14.1. The Bertz CT molecular complexity index is 1290. The van der Waals surface area contributed by atoms with Crippen LogP contribution in [0.1, 0.15) is 74.7 Å². The van der Waals surface area contributed by atoms with Gasteiger partial charge in [-0.1, -0.05) is 19.3 Å². The van der Waals surface area contributed by atoms with Gasteiger partial charge in [0.1, 0.15) is 12.1 Å². The smallest absolute Gasteiger partial charge is 0.317 e. The molecule has 10 nitrogen and oxygen atoms in total. The number of ether oxygens (including phenoxy) is 1. The fourth-order valence-corrected chi connectivity index (χ4v) is 5.71. The van der Waals surface area contributed by atoms with E-state index in [1.54, 1.807) is 24.3 Å². The van der Waals surface area contributed by atoms with Crippen molar-refractivity contribution in [2.45, 2.75) is 70.4 Å².